The van der Waals surface area contributed by atoms with E-state index in [1.807, 2.05) is 29.2 Å². The van der Waals surface area contributed by atoms with Gasteiger partial charge in [0.25, 0.3) is 0 Å². The first kappa shape index (κ1) is 26.5. The number of benzene rings is 3. The molecule has 2 amide bonds. The van der Waals surface area contributed by atoms with E-state index in [-0.39, 0.29) is 28.9 Å². The van der Waals surface area contributed by atoms with Crippen LogP contribution in [0.1, 0.15) is 41.9 Å². The number of piperidine rings is 1. The molecule has 37 heavy (non-hydrogen) atoms. The highest BCUT2D eigenvalue weighted by Gasteiger charge is 2.24. The first-order valence-electron chi connectivity index (χ1n) is 12.4. The molecule has 0 saturated carbocycles. The van der Waals surface area contributed by atoms with Gasteiger partial charge in [-0.15, -0.1) is 0 Å². The summed E-state index contributed by atoms with van der Waals surface area (Å²) in [6, 6.07) is 20.5. The van der Waals surface area contributed by atoms with Crippen molar-refractivity contribution in [2.75, 3.05) is 24.7 Å². The zero-order valence-electron chi connectivity index (χ0n) is 20.8. The van der Waals surface area contributed by atoms with Crippen LogP contribution in [0.5, 0.6) is 0 Å². The summed E-state index contributed by atoms with van der Waals surface area (Å²) in [5.74, 6) is 0.0184. The van der Waals surface area contributed by atoms with E-state index >= 15 is 0 Å². The molecule has 8 heteroatoms. The van der Waals surface area contributed by atoms with Crippen molar-refractivity contribution in [2.45, 2.75) is 42.9 Å². The summed E-state index contributed by atoms with van der Waals surface area (Å²) in [5.41, 5.74) is 3.64. The molecule has 1 N–H and O–H groups in total. The van der Waals surface area contributed by atoms with Crippen LogP contribution >= 0.6 is 0 Å². The van der Waals surface area contributed by atoms with Crippen LogP contribution in [0.2, 0.25) is 0 Å². The number of sulfone groups is 1. The Morgan fingerprint density at radius 3 is 2.08 bits per heavy atom. The van der Waals surface area contributed by atoms with Gasteiger partial charge < -0.3 is 10.2 Å². The van der Waals surface area contributed by atoms with Gasteiger partial charge in [-0.2, -0.15) is 0 Å². The number of nitrogens with one attached hydrogen (secondary N) is 1. The Hall–Kier alpha value is -3.52. The minimum atomic E-state index is -3.25. The molecule has 0 bridgehead atoms. The first-order valence-corrected chi connectivity index (χ1v) is 14.3. The van der Waals surface area contributed by atoms with E-state index in [0.717, 1.165) is 29.7 Å². The van der Waals surface area contributed by atoms with Gasteiger partial charge in [-0.05, 0) is 78.3 Å². The number of hydrogen-bond donors (Lipinski definition) is 1. The largest absolute Gasteiger partial charge is 0.342 e. The molecule has 1 heterocycles. The number of amides is 2. The molecule has 0 aliphatic carbocycles. The molecule has 6 nitrogen and oxygen atoms in total. The molecule has 4 rings (SSSR count). The Balaban J connectivity index is 1.22. The Bertz CT molecular complexity index is 1330. The van der Waals surface area contributed by atoms with Crippen molar-refractivity contribution in [3.63, 3.8) is 0 Å². The molecule has 1 aliphatic heterocycles. The van der Waals surface area contributed by atoms with Crippen LogP contribution in [-0.4, -0.2) is 44.5 Å². The van der Waals surface area contributed by atoms with Crippen molar-refractivity contribution in [1.82, 2.24) is 4.90 Å². The van der Waals surface area contributed by atoms with Crippen molar-refractivity contribution in [3.05, 3.63) is 95.3 Å². The normalized spacial score (nSPS) is 14.4. The second-order valence-corrected chi connectivity index (χ2v) is 11.6. The molecule has 0 radical (unpaired) electrons. The summed E-state index contributed by atoms with van der Waals surface area (Å²) in [6.07, 6.45) is 4.02. The molecule has 1 aliphatic rings. The lowest BCUT2D eigenvalue weighted by atomic mass is 9.89. The molecule has 3 aromatic carbocycles. The van der Waals surface area contributed by atoms with E-state index in [4.69, 9.17) is 0 Å². The summed E-state index contributed by atoms with van der Waals surface area (Å²) in [6.45, 7) is 1.35. The van der Waals surface area contributed by atoms with Gasteiger partial charge in [0, 0.05) is 31.5 Å². The maximum atomic E-state index is 13.0. The SMILES string of the molecule is CS(=O)(=O)c1ccc(CC(=O)N2CCC(c3ccc(NC(=O)CCc4ccc(F)cc4)cc3)CC2)cc1. The summed E-state index contributed by atoms with van der Waals surface area (Å²) in [7, 11) is -3.25. The fourth-order valence-corrected chi connectivity index (χ4v) is 5.20. The second-order valence-electron chi connectivity index (χ2n) is 9.54. The average molecular weight is 523 g/mol. The highest BCUT2D eigenvalue weighted by molar-refractivity contribution is 7.90. The summed E-state index contributed by atoms with van der Waals surface area (Å²) >= 11 is 0. The smallest absolute Gasteiger partial charge is 0.226 e. The zero-order chi connectivity index (χ0) is 26.4. The van der Waals surface area contributed by atoms with Crippen molar-refractivity contribution in [3.8, 4) is 0 Å². The molecule has 1 saturated heterocycles. The average Bonchev–Trinajstić information content (AvgIpc) is 2.89. The number of likely N-dealkylation sites (tertiary alicyclic amines) is 1. The zero-order valence-corrected chi connectivity index (χ0v) is 21.6. The lowest BCUT2D eigenvalue weighted by Crippen LogP contribution is -2.38. The summed E-state index contributed by atoms with van der Waals surface area (Å²) in [4.78, 5) is 27.2. The van der Waals surface area contributed by atoms with Crippen molar-refractivity contribution in [2.24, 2.45) is 0 Å². The number of nitrogens with zero attached hydrogens (tertiary/aromatic N) is 1. The van der Waals surface area contributed by atoms with Crippen molar-refractivity contribution < 1.29 is 22.4 Å². The van der Waals surface area contributed by atoms with E-state index in [1.54, 1.807) is 36.4 Å². The minimum absolute atomic E-state index is 0.0456. The second kappa shape index (κ2) is 11.7. The van der Waals surface area contributed by atoms with Crippen LogP contribution in [0, 0.1) is 5.82 Å². The first-order chi connectivity index (χ1) is 17.7. The molecule has 0 unspecified atom stereocenters. The van der Waals surface area contributed by atoms with Gasteiger partial charge >= 0.3 is 0 Å². The maximum absolute atomic E-state index is 13.0. The number of halogens is 1. The van der Waals surface area contributed by atoms with Gasteiger partial charge in [0.15, 0.2) is 9.84 Å². The van der Waals surface area contributed by atoms with Crippen LogP contribution in [0.25, 0.3) is 0 Å². The molecule has 1 fully saturated rings. The highest BCUT2D eigenvalue weighted by atomic mass is 32.2. The number of carbonyl (C=O) groups is 2. The predicted octanol–water partition coefficient (Wildman–Crippen LogP) is 4.75. The number of hydrogen-bond acceptors (Lipinski definition) is 4. The van der Waals surface area contributed by atoms with Gasteiger partial charge in [0.1, 0.15) is 5.82 Å². The number of carbonyl (C=O) groups excluding carboxylic acids is 2. The lowest BCUT2D eigenvalue weighted by molar-refractivity contribution is -0.131. The van der Waals surface area contributed by atoms with Crippen LogP contribution in [0.15, 0.2) is 77.7 Å². The fourth-order valence-electron chi connectivity index (χ4n) is 4.57. The van der Waals surface area contributed by atoms with E-state index in [1.165, 1.54) is 24.0 Å². The highest BCUT2D eigenvalue weighted by Crippen LogP contribution is 2.29. The molecule has 194 valence electrons. The van der Waals surface area contributed by atoms with E-state index in [0.29, 0.717) is 31.8 Å². The molecular formula is C29H31FN2O4S. The maximum Gasteiger partial charge on any atom is 0.226 e. The lowest BCUT2D eigenvalue weighted by Gasteiger charge is -2.32. The number of anilines is 1. The summed E-state index contributed by atoms with van der Waals surface area (Å²) < 4.78 is 36.2. The molecule has 3 aromatic rings. The predicted molar refractivity (Wildman–Crippen MR) is 142 cm³/mol. The molecule has 0 spiro atoms. The van der Waals surface area contributed by atoms with Crippen LogP contribution in [0.4, 0.5) is 10.1 Å². The van der Waals surface area contributed by atoms with Gasteiger partial charge in [0.2, 0.25) is 11.8 Å². The van der Waals surface area contributed by atoms with Crippen LogP contribution in [-0.2, 0) is 32.3 Å². The van der Waals surface area contributed by atoms with Crippen LogP contribution < -0.4 is 5.32 Å². The Morgan fingerprint density at radius 2 is 1.49 bits per heavy atom. The molecular weight excluding hydrogens is 491 g/mol. The van der Waals surface area contributed by atoms with Gasteiger partial charge in [-0.25, -0.2) is 12.8 Å². The Morgan fingerprint density at radius 1 is 0.892 bits per heavy atom. The standard InChI is InChI=1S/C29H31FN2O4S/c1-37(35,36)27-13-4-22(5-14-27)20-29(34)32-18-16-24(17-19-32)23-7-11-26(12-8-23)31-28(33)15-6-21-2-9-25(30)10-3-21/h2-5,7-14,24H,6,15-20H2,1H3,(H,31,33). The third kappa shape index (κ3) is 7.49. The van der Waals surface area contributed by atoms with Gasteiger partial charge in [0.05, 0.1) is 11.3 Å². The van der Waals surface area contributed by atoms with Crippen molar-refractivity contribution >= 4 is 27.3 Å². The number of rotatable bonds is 8. The van der Waals surface area contributed by atoms with E-state index in [9.17, 15) is 22.4 Å². The minimum Gasteiger partial charge on any atom is -0.342 e. The van der Waals surface area contributed by atoms with Gasteiger partial charge in [-0.3, -0.25) is 9.59 Å². The molecule has 0 aromatic heterocycles. The van der Waals surface area contributed by atoms with Crippen LogP contribution in [0.3, 0.4) is 0 Å². The Kier molecular flexibility index (Phi) is 8.38. The number of aryl methyl sites for hydroxylation is 1. The van der Waals surface area contributed by atoms with Crippen molar-refractivity contribution in [1.29, 1.82) is 0 Å². The Labute approximate surface area is 217 Å². The summed E-state index contributed by atoms with van der Waals surface area (Å²) in [5, 5.41) is 2.91. The quantitative estimate of drug-likeness (QED) is 0.463. The van der Waals surface area contributed by atoms with E-state index < -0.39 is 9.84 Å². The third-order valence-electron chi connectivity index (χ3n) is 6.77. The topological polar surface area (TPSA) is 83.6 Å². The van der Waals surface area contributed by atoms with Gasteiger partial charge in [-0.1, -0.05) is 36.4 Å². The van der Waals surface area contributed by atoms with E-state index in [2.05, 4.69) is 5.32 Å². The third-order valence-corrected chi connectivity index (χ3v) is 7.90. The molecule has 0 atom stereocenters. The monoisotopic (exact) mass is 522 g/mol. The fraction of sp³-hybridized carbons (Fsp3) is 0.310.